The van der Waals surface area contributed by atoms with E-state index >= 15 is 0 Å². The molecule has 3 nitrogen and oxygen atoms in total. The molecule has 0 aliphatic heterocycles. The molecule has 0 bridgehead atoms. The molecular weight excluding hydrogens is 150 g/mol. The number of aldehydes is 1. The van der Waals surface area contributed by atoms with Gasteiger partial charge < -0.3 is 4.42 Å². The summed E-state index contributed by atoms with van der Waals surface area (Å²) in [6.45, 7) is 0. The van der Waals surface area contributed by atoms with Crippen molar-refractivity contribution in [1.29, 1.82) is 0 Å². The first-order valence-corrected chi connectivity index (χ1v) is 3.50. The SMILES string of the molecule is O=Cc1cc2ncoc2s1. The molecule has 0 saturated carbocycles. The van der Waals surface area contributed by atoms with Gasteiger partial charge in [0, 0.05) is 0 Å². The highest BCUT2D eigenvalue weighted by molar-refractivity contribution is 7.19. The van der Waals surface area contributed by atoms with Crippen LogP contribution in [0.3, 0.4) is 0 Å². The predicted octanol–water partition coefficient (Wildman–Crippen LogP) is 1.70. The van der Waals surface area contributed by atoms with Gasteiger partial charge in [0.05, 0.1) is 4.88 Å². The molecule has 4 heteroatoms. The largest absolute Gasteiger partial charge is 0.433 e. The Bertz CT molecular complexity index is 334. The Labute approximate surface area is 60.3 Å². The van der Waals surface area contributed by atoms with Gasteiger partial charge in [0.25, 0.3) is 0 Å². The molecule has 0 amide bonds. The summed E-state index contributed by atoms with van der Waals surface area (Å²) in [6, 6.07) is 1.70. The van der Waals surface area contributed by atoms with Crippen LogP contribution in [0.25, 0.3) is 10.4 Å². The molecule has 0 radical (unpaired) electrons. The van der Waals surface area contributed by atoms with E-state index in [0.717, 1.165) is 11.8 Å². The molecule has 0 aliphatic rings. The maximum atomic E-state index is 10.2. The zero-order chi connectivity index (χ0) is 6.97. The Morgan fingerprint density at radius 1 is 1.70 bits per heavy atom. The number of nitrogens with zero attached hydrogens (tertiary/aromatic N) is 1. The molecule has 2 rings (SSSR count). The van der Waals surface area contributed by atoms with Crippen molar-refractivity contribution in [1.82, 2.24) is 4.98 Å². The van der Waals surface area contributed by atoms with Crippen LogP contribution in [0.4, 0.5) is 0 Å². The first-order chi connectivity index (χ1) is 4.90. The fraction of sp³-hybridized carbons (Fsp3) is 0. The van der Waals surface area contributed by atoms with Gasteiger partial charge in [-0.05, 0) is 6.07 Å². The number of carbonyl (C=O) groups excluding carboxylic acids is 1. The molecule has 0 atom stereocenters. The Morgan fingerprint density at radius 3 is 3.30 bits per heavy atom. The second-order valence-electron chi connectivity index (χ2n) is 1.79. The number of rotatable bonds is 1. The van der Waals surface area contributed by atoms with Crippen molar-refractivity contribution in [2.45, 2.75) is 0 Å². The Morgan fingerprint density at radius 2 is 2.60 bits per heavy atom. The average molecular weight is 153 g/mol. The first kappa shape index (κ1) is 5.61. The van der Waals surface area contributed by atoms with E-state index in [1.54, 1.807) is 6.07 Å². The van der Waals surface area contributed by atoms with Crippen molar-refractivity contribution in [3.63, 3.8) is 0 Å². The molecule has 2 aromatic rings. The van der Waals surface area contributed by atoms with Crippen LogP contribution in [-0.4, -0.2) is 11.3 Å². The van der Waals surface area contributed by atoms with Gasteiger partial charge in [-0.25, -0.2) is 4.98 Å². The number of hydrogen-bond donors (Lipinski definition) is 0. The number of fused-ring (bicyclic) bond motifs is 1. The number of thiophene rings is 1. The minimum absolute atomic E-state index is 0.654. The molecule has 0 spiro atoms. The monoisotopic (exact) mass is 153 g/mol. The predicted molar refractivity (Wildman–Crippen MR) is 37.3 cm³/mol. The summed E-state index contributed by atoms with van der Waals surface area (Å²) in [4.78, 5) is 15.5. The van der Waals surface area contributed by atoms with Gasteiger partial charge in [-0.3, -0.25) is 4.79 Å². The Balaban J connectivity index is 2.78. The van der Waals surface area contributed by atoms with Gasteiger partial charge >= 0.3 is 0 Å². The Kier molecular flexibility index (Phi) is 1.07. The van der Waals surface area contributed by atoms with Gasteiger partial charge in [-0.15, -0.1) is 0 Å². The second kappa shape index (κ2) is 1.91. The third-order valence-corrected chi connectivity index (χ3v) is 2.11. The van der Waals surface area contributed by atoms with E-state index < -0.39 is 0 Å². The quantitative estimate of drug-likeness (QED) is 0.585. The van der Waals surface area contributed by atoms with Crippen LogP contribution in [0.2, 0.25) is 0 Å². The van der Waals surface area contributed by atoms with E-state index in [9.17, 15) is 4.79 Å². The molecule has 2 aromatic heterocycles. The van der Waals surface area contributed by atoms with E-state index in [1.807, 2.05) is 0 Å². The third kappa shape index (κ3) is 0.657. The summed E-state index contributed by atoms with van der Waals surface area (Å²) in [6.07, 6.45) is 2.16. The van der Waals surface area contributed by atoms with E-state index in [1.165, 1.54) is 17.7 Å². The minimum Gasteiger partial charge on any atom is -0.433 e. The van der Waals surface area contributed by atoms with Crippen molar-refractivity contribution < 1.29 is 9.21 Å². The van der Waals surface area contributed by atoms with Gasteiger partial charge in [0.15, 0.2) is 12.7 Å². The van der Waals surface area contributed by atoms with Crippen LogP contribution in [0.5, 0.6) is 0 Å². The normalized spacial score (nSPS) is 10.4. The number of aromatic nitrogens is 1. The summed E-state index contributed by atoms with van der Waals surface area (Å²) in [5.41, 5.74) is 0.757. The fourth-order valence-electron chi connectivity index (χ4n) is 0.746. The second-order valence-corrected chi connectivity index (χ2v) is 2.84. The number of hydrogen-bond acceptors (Lipinski definition) is 4. The summed E-state index contributed by atoms with van der Waals surface area (Å²) >= 11 is 1.31. The summed E-state index contributed by atoms with van der Waals surface area (Å²) in [5, 5.41) is 0. The van der Waals surface area contributed by atoms with Gasteiger partial charge in [-0.2, -0.15) is 0 Å². The van der Waals surface area contributed by atoms with E-state index in [0.29, 0.717) is 9.77 Å². The van der Waals surface area contributed by atoms with Gasteiger partial charge in [-0.1, -0.05) is 11.3 Å². The third-order valence-electron chi connectivity index (χ3n) is 1.17. The lowest BCUT2D eigenvalue weighted by atomic mass is 10.5. The molecular formula is C6H3NO2S. The maximum Gasteiger partial charge on any atom is 0.208 e. The highest BCUT2D eigenvalue weighted by atomic mass is 32.1. The first-order valence-electron chi connectivity index (χ1n) is 2.68. The highest BCUT2D eigenvalue weighted by Gasteiger charge is 2.02. The van der Waals surface area contributed by atoms with Crippen LogP contribution in [0.15, 0.2) is 16.9 Å². The van der Waals surface area contributed by atoms with Gasteiger partial charge in [0.2, 0.25) is 4.90 Å². The van der Waals surface area contributed by atoms with Crippen molar-refractivity contribution in [3.05, 3.63) is 17.3 Å². The van der Waals surface area contributed by atoms with Crippen LogP contribution in [0, 0.1) is 0 Å². The average Bonchev–Trinajstić information content (AvgIpc) is 2.42. The molecule has 2 heterocycles. The van der Waals surface area contributed by atoms with E-state index in [-0.39, 0.29) is 0 Å². The smallest absolute Gasteiger partial charge is 0.208 e. The van der Waals surface area contributed by atoms with E-state index in [4.69, 9.17) is 4.42 Å². The standard InChI is InChI=1S/C6H3NO2S/c8-2-4-1-5-6(10-4)9-3-7-5/h1-3H. The zero-order valence-corrected chi connectivity index (χ0v) is 5.72. The summed E-state index contributed by atoms with van der Waals surface area (Å²) in [7, 11) is 0. The lowest BCUT2D eigenvalue weighted by Crippen LogP contribution is -1.64. The van der Waals surface area contributed by atoms with Crippen LogP contribution < -0.4 is 0 Å². The molecule has 10 heavy (non-hydrogen) atoms. The van der Waals surface area contributed by atoms with Crippen molar-refractivity contribution in [2.75, 3.05) is 0 Å². The van der Waals surface area contributed by atoms with Crippen molar-refractivity contribution >= 4 is 28.0 Å². The summed E-state index contributed by atoms with van der Waals surface area (Å²) in [5.74, 6) is 0. The van der Waals surface area contributed by atoms with E-state index in [2.05, 4.69) is 4.98 Å². The molecule has 0 saturated heterocycles. The van der Waals surface area contributed by atoms with Crippen LogP contribution in [-0.2, 0) is 0 Å². The van der Waals surface area contributed by atoms with Gasteiger partial charge in [0.1, 0.15) is 5.52 Å². The molecule has 0 fully saturated rings. The van der Waals surface area contributed by atoms with Crippen molar-refractivity contribution in [2.24, 2.45) is 0 Å². The van der Waals surface area contributed by atoms with Crippen LogP contribution in [0.1, 0.15) is 9.67 Å². The lowest BCUT2D eigenvalue weighted by molar-refractivity contribution is 0.112. The minimum atomic E-state index is 0.654. The molecule has 0 aromatic carbocycles. The zero-order valence-electron chi connectivity index (χ0n) is 4.90. The lowest BCUT2D eigenvalue weighted by Gasteiger charge is -1.69. The Hall–Kier alpha value is -1.16. The summed E-state index contributed by atoms with van der Waals surface area (Å²) < 4.78 is 4.95. The van der Waals surface area contributed by atoms with Crippen LogP contribution >= 0.6 is 11.3 Å². The number of oxazole rings is 1. The highest BCUT2D eigenvalue weighted by Crippen LogP contribution is 2.22. The molecule has 0 N–H and O–H groups in total. The molecule has 50 valence electrons. The number of carbonyl (C=O) groups is 1. The van der Waals surface area contributed by atoms with Crippen molar-refractivity contribution in [3.8, 4) is 0 Å². The molecule has 0 aliphatic carbocycles. The topological polar surface area (TPSA) is 43.1 Å². The maximum absolute atomic E-state index is 10.2. The molecule has 0 unspecified atom stereocenters. The fourth-order valence-corrected chi connectivity index (χ4v) is 1.49.